The van der Waals surface area contributed by atoms with Crippen LogP contribution in [0.2, 0.25) is 0 Å². The van der Waals surface area contributed by atoms with E-state index >= 15 is 0 Å². The molecule has 1 amide bonds. The highest BCUT2D eigenvalue weighted by molar-refractivity contribution is 7.91. The second kappa shape index (κ2) is 7.55. The zero-order valence-electron chi connectivity index (χ0n) is 11.4. The van der Waals surface area contributed by atoms with Gasteiger partial charge in [0, 0.05) is 26.6 Å². The topological polar surface area (TPSA) is 113 Å². The number of ether oxygens (including phenoxy) is 1. The van der Waals surface area contributed by atoms with Gasteiger partial charge in [0.1, 0.15) is 6.04 Å². The van der Waals surface area contributed by atoms with Crippen molar-refractivity contribution in [3.63, 3.8) is 0 Å². The third-order valence-electron chi connectivity index (χ3n) is 2.92. The van der Waals surface area contributed by atoms with Gasteiger partial charge in [-0.1, -0.05) is 0 Å². The number of hydrogen-bond acceptors (Lipinski definition) is 6. The molecule has 8 nitrogen and oxygen atoms in total. The summed E-state index contributed by atoms with van der Waals surface area (Å²) in [4.78, 5) is 23.7. The predicted molar refractivity (Wildman–Crippen MR) is 71.2 cm³/mol. The number of sulfone groups is 1. The number of hydrogen-bond donors (Lipinski definition) is 2. The Hall–Kier alpha value is -1.19. The second-order valence-corrected chi connectivity index (χ2v) is 6.89. The van der Waals surface area contributed by atoms with E-state index < -0.39 is 33.5 Å². The van der Waals surface area contributed by atoms with Crippen molar-refractivity contribution in [3.8, 4) is 0 Å². The van der Waals surface area contributed by atoms with Crippen molar-refractivity contribution in [2.45, 2.75) is 13.0 Å². The molecule has 0 aliphatic carbocycles. The van der Waals surface area contributed by atoms with Gasteiger partial charge in [0.25, 0.3) is 0 Å². The van der Waals surface area contributed by atoms with E-state index in [0.29, 0.717) is 32.8 Å². The molecule has 1 aliphatic rings. The first-order valence-corrected chi connectivity index (χ1v) is 8.13. The molecule has 2 N–H and O–H groups in total. The Balaban J connectivity index is 2.49. The minimum atomic E-state index is -3.55. The van der Waals surface area contributed by atoms with Crippen LogP contribution in [0, 0.1) is 0 Å². The van der Waals surface area contributed by atoms with Gasteiger partial charge in [-0.15, -0.1) is 0 Å². The third-order valence-corrected chi connectivity index (χ3v) is 4.56. The SMILES string of the molecule is CC(=O)NC(CS(=O)(=O)CCN1CCOCC1)C(=O)O. The summed E-state index contributed by atoms with van der Waals surface area (Å²) >= 11 is 0. The Kier molecular flexibility index (Phi) is 6.37. The molecule has 1 rings (SSSR count). The lowest BCUT2D eigenvalue weighted by atomic mass is 10.3. The highest BCUT2D eigenvalue weighted by Crippen LogP contribution is 2.01. The molecule has 0 spiro atoms. The second-order valence-electron chi connectivity index (χ2n) is 4.66. The lowest BCUT2D eigenvalue weighted by Crippen LogP contribution is -2.46. The highest BCUT2D eigenvalue weighted by atomic mass is 32.2. The molecule has 20 heavy (non-hydrogen) atoms. The van der Waals surface area contributed by atoms with Crippen LogP contribution in [0.5, 0.6) is 0 Å². The summed E-state index contributed by atoms with van der Waals surface area (Å²) in [5.41, 5.74) is 0. The predicted octanol–water partition coefficient (Wildman–Crippen LogP) is -1.68. The third kappa shape index (κ3) is 6.31. The van der Waals surface area contributed by atoms with Gasteiger partial charge >= 0.3 is 5.97 Å². The molecule has 1 atom stereocenters. The summed E-state index contributed by atoms with van der Waals surface area (Å²) in [6.07, 6.45) is 0. The maximum atomic E-state index is 11.9. The van der Waals surface area contributed by atoms with E-state index in [0.717, 1.165) is 6.92 Å². The number of carbonyl (C=O) groups is 2. The fourth-order valence-corrected chi connectivity index (χ4v) is 3.29. The number of rotatable bonds is 7. The van der Waals surface area contributed by atoms with E-state index in [4.69, 9.17) is 9.84 Å². The zero-order valence-corrected chi connectivity index (χ0v) is 12.2. The van der Waals surface area contributed by atoms with E-state index in [2.05, 4.69) is 5.32 Å². The van der Waals surface area contributed by atoms with Gasteiger partial charge in [0.2, 0.25) is 5.91 Å². The van der Waals surface area contributed by atoms with Crippen LogP contribution in [0.3, 0.4) is 0 Å². The maximum absolute atomic E-state index is 11.9. The standard InChI is InChI=1S/C11H20N2O6S/c1-9(14)12-10(11(15)16)8-20(17,18)7-4-13-2-5-19-6-3-13/h10H,2-8H2,1H3,(H,12,14)(H,15,16). The monoisotopic (exact) mass is 308 g/mol. The van der Waals surface area contributed by atoms with Crippen LogP contribution >= 0.6 is 0 Å². The van der Waals surface area contributed by atoms with Crippen molar-refractivity contribution in [2.75, 3.05) is 44.4 Å². The van der Waals surface area contributed by atoms with Crippen molar-refractivity contribution < 1.29 is 27.9 Å². The van der Waals surface area contributed by atoms with Crippen LogP contribution in [-0.2, 0) is 24.2 Å². The Labute approximate surface area is 118 Å². The van der Waals surface area contributed by atoms with E-state index in [1.807, 2.05) is 4.90 Å². The molecule has 0 aromatic heterocycles. The van der Waals surface area contributed by atoms with Crippen LogP contribution in [-0.4, -0.2) is 80.7 Å². The smallest absolute Gasteiger partial charge is 0.327 e. The fourth-order valence-electron chi connectivity index (χ4n) is 1.85. The molecule has 116 valence electrons. The maximum Gasteiger partial charge on any atom is 0.327 e. The zero-order chi connectivity index (χ0) is 15.2. The number of aliphatic carboxylic acids is 1. The molecule has 0 aromatic rings. The Morgan fingerprint density at radius 3 is 2.45 bits per heavy atom. The molecule has 0 aromatic carbocycles. The summed E-state index contributed by atoms with van der Waals surface area (Å²) in [6, 6.07) is -1.40. The van der Waals surface area contributed by atoms with Crippen molar-refractivity contribution >= 4 is 21.7 Å². The minimum absolute atomic E-state index is 0.129. The summed E-state index contributed by atoms with van der Waals surface area (Å²) < 4.78 is 28.9. The van der Waals surface area contributed by atoms with Gasteiger partial charge in [-0.25, -0.2) is 13.2 Å². The molecule has 1 saturated heterocycles. The number of carboxylic acids is 1. The normalized spacial score (nSPS) is 18.4. The van der Waals surface area contributed by atoms with Gasteiger partial charge in [0.05, 0.1) is 24.7 Å². The molecule has 1 heterocycles. The van der Waals surface area contributed by atoms with E-state index in [-0.39, 0.29) is 5.75 Å². The Morgan fingerprint density at radius 1 is 1.35 bits per heavy atom. The molecular formula is C11H20N2O6S. The average Bonchev–Trinajstić information content (AvgIpc) is 2.36. The average molecular weight is 308 g/mol. The van der Waals surface area contributed by atoms with Crippen molar-refractivity contribution in [2.24, 2.45) is 0 Å². The summed E-state index contributed by atoms with van der Waals surface area (Å²) in [5, 5.41) is 11.0. The largest absolute Gasteiger partial charge is 0.480 e. The molecule has 9 heteroatoms. The summed E-state index contributed by atoms with van der Waals surface area (Å²) in [7, 11) is -3.55. The number of morpholine rings is 1. The first-order chi connectivity index (χ1) is 9.30. The summed E-state index contributed by atoms with van der Waals surface area (Å²) in [5.74, 6) is -2.64. The van der Waals surface area contributed by atoms with E-state index in [1.54, 1.807) is 0 Å². The fraction of sp³-hybridized carbons (Fsp3) is 0.818. The minimum Gasteiger partial charge on any atom is -0.480 e. The molecule has 1 fully saturated rings. The van der Waals surface area contributed by atoms with Crippen LogP contribution in [0.4, 0.5) is 0 Å². The van der Waals surface area contributed by atoms with Gasteiger partial charge in [-0.05, 0) is 0 Å². The molecule has 0 bridgehead atoms. The lowest BCUT2D eigenvalue weighted by molar-refractivity contribution is -0.140. The summed E-state index contributed by atoms with van der Waals surface area (Å²) in [6.45, 7) is 3.98. The Morgan fingerprint density at radius 2 is 1.95 bits per heavy atom. The number of carboxylic acid groups (broad SMARTS) is 1. The molecular weight excluding hydrogens is 288 g/mol. The number of amides is 1. The molecule has 1 aliphatic heterocycles. The van der Waals surface area contributed by atoms with Crippen molar-refractivity contribution in [1.29, 1.82) is 0 Å². The van der Waals surface area contributed by atoms with Crippen molar-refractivity contribution in [3.05, 3.63) is 0 Å². The lowest BCUT2D eigenvalue weighted by Gasteiger charge is -2.26. The number of nitrogens with one attached hydrogen (secondary N) is 1. The van der Waals surface area contributed by atoms with Crippen LogP contribution in [0.25, 0.3) is 0 Å². The molecule has 0 radical (unpaired) electrons. The number of carbonyl (C=O) groups excluding carboxylic acids is 1. The van der Waals surface area contributed by atoms with Gasteiger partial charge in [0.15, 0.2) is 9.84 Å². The first-order valence-electron chi connectivity index (χ1n) is 6.30. The quantitative estimate of drug-likeness (QED) is 0.577. The van der Waals surface area contributed by atoms with Gasteiger partial charge in [-0.2, -0.15) is 0 Å². The first kappa shape index (κ1) is 16.9. The highest BCUT2D eigenvalue weighted by Gasteiger charge is 2.26. The van der Waals surface area contributed by atoms with Gasteiger partial charge in [-0.3, -0.25) is 9.69 Å². The van der Waals surface area contributed by atoms with Gasteiger partial charge < -0.3 is 15.2 Å². The van der Waals surface area contributed by atoms with Crippen LogP contribution < -0.4 is 5.32 Å². The number of nitrogens with zero attached hydrogens (tertiary/aromatic N) is 1. The Bertz CT molecular complexity index is 444. The van der Waals surface area contributed by atoms with Crippen LogP contribution in [0.1, 0.15) is 6.92 Å². The van der Waals surface area contributed by atoms with Crippen LogP contribution in [0.15, 0.2) is 0 Å². The van der Waals surface area contributed by atoms with E-state index in [9.17, 15) is 18.0 Å². The van der Waals surface area contributed by atoms with Crippen molar-refractivity contribution in [1.82, 2.24) is 10.2 Å². The molecule has 0 saturated carbocycles. The van der Waals surface area contributed by atoms with E-state index in [1.165, 1.54) is 0 Å². The molecule has 1 unspecified atom stereocenters.